The van der Waals surface area contributed by atoms with Crippen molar-refractivity contribution in [1.82, 2.24) is 0 Å². The van der Waals surface area contributed by atoms with Crippen molar-refractivity contribution in [3.63, 3.8) is 0 Å². The van der Waals surface area contributed by atoms with Crippen LogP contribution >= 0.6 is 12.4 Å². The molecule has 19 heavy (non-hydrogen) atoms. The monoisotopic (exact) mass is 279 g/mol. The molecule has 0 aliphatic heterocycles. The van der Waals surface area contributed by atoms with Crippen LogP contribution in [0.25, 0.3) is 0 Å². The quantitative estimate of drug-likeness (QED) is 0.902. The maximum absolute atomic E-state index is 12.9. The lowest BCUT2D eigenvalue weighted by atomic mass is 9.87. The summed E-state index contributed by atoms with van der Waals surface area (Å²) < 4.78 is 12.9. The Hall–Kier alpha value is -1.38. The molecule has 0 aromatic heterocycles. The molecule has 0 saturated carbocycles. The highest BCUT2D eigenvalue weighted by Gasteiger charge is 2.16. The fourth-order valence-corrected chi connectivity index (χ4v) is 2.18. The fraction of sp³-hybridized carbons (Fsp3) is 0.250. The Labute approximate surface area is 120 Å². The largest absolute Gasteiger partial charge is 0.327 e. The molecule has 2 atom stereocenters. The van der Waals surface area contributed by atoms with Gasteiger partial charge in [0.1, 0.15) is 5.82 Å². The van der Waals surface area contributed by atoms with Gasteiger partial charge in [-0.25, -0.2) is 4.39 Å². The predicted octanol–water partition coefficient (Wildman–Crippen LogP) is 3.92. The van der Waals surface area contributed by atoms with Gasteiger partial charge >= 0.3 is 0 Å². The van der Waals surface area contributed by atoms with Crippen molar-refractivity contribution >= 4 is 12.4 Å². The van der Waals surface area contributed by atoms with Gasteiger partial charge in [0, 0.05) is 12.0 Å². The smallest absolute Gasteiger partial charge is 0.123 e. The molecule has 0 fully saturated rings. The normalized spacial score (nSPS) is 13.4. The van der Waals surface area contributed by atoms with Crippen LogP contribution in [0, 0.1) is 5.82 Å². The van der Waals surface area contributed by atoms with E-state index >= 15 is 0 Å². The van der Waals surface area contributed by atoms with E-state index in [1.807, 2.05) is 37.3 Å². The Morgan fingerprint density at radius 3 is 2.11 bits per heavy atom. The van der Waals surface area contributed by atoms with Crippen LogP contribution in [0.5, 0.6) is 0 Å². The Bertz CT molecular complexity index is 482. The van der Waals surface area contributed by atoms with Crippen LogP contribution in [0.1, 0.15) is 24.0 Å². The Kier molecular flexibility index (Phi) is 6.00. The van der Waals surface area contributed by atoms with Gasteiger partial charge in [-0.1, -0.05) is 42.5 Å². The highest BCUT2D eigenvalue weighted by molar-refractivity contribution is 5.85. The molecule has 2 unspecified atom stereocenters. The van der Waals surface area contributed by atoms with E-state index in [1.54, 1.807) is 0 Å². The zero-order chi connectivity index (χ0) is 13.0. The summed E-state index contributed by atoms with van der Waals surface area (Å²) in [7, 11) is 0. The Morgan fingerprint density at radius 2 is 1.58 bits per heavy atom. The summed E-state index contributed by atoms with van der Waals surface area (Å²) >= 11 is 0. The molecule has 0 aliphatic rings. The van der Waals surface area contributed by atoms with Gasteiger partial charge in [-0.15, -0.1) is 12.4 Å². The zero-order valence-corrected chi connectivity index (χ0v) is 11.7. The summed E-state index contributed by atoms with van der Waals surface area (Å²) in [6.45, 7) is 2.02. The number of hydrogen-bond acceptors (Lipinski definition) is 1. The van der Waals surface area contributed by atoms with Crippen LogP contribution in [0.2, 0.25) is 0 Å². The minimum Gasteiger partial charge on any atom is -0.327 e. The van der Waals surface area contributed by atoms with Crippen molar-refractivity contribution in [2.75, 3.05) is 0 Å². The highest BCUT2D eigenvalue weighted by Crippen LogP contribution is 2.23. The first kappa shape index (κ1) is 15.7. The third kappa shape index (κ3) is 4.34. The van der Waals surface area contributed by atoms with Crippen LogP contribution in [-0.2, 0) is 6.42 Å². The lowest BCUT2D eigenvalue weighted by Crippen LogP contribution is -2.26. The summed E-state index contributed by atoms with van der Waals surface area (Å²) in [5.74, 6) is 0.0625. The molecule has 0 bridgehead atoms. The average molecular weight is 280 g/mol. The lowest BCUT2D eigenvalue weighted by Gasteiger charge is -2.21. The fourth-order valence-electron chi connectivity index (χ4n) is 2.18. The molecule has 0 heterocycles. The van der Waals surface area contributed by atoms with Crippen molar-refractivity contribution < 1.29 is 4.39 Å². The second-order valence-corrected chi connectivity index (χ2v) is 4.71. The first-order valence-corrected chi connectivity index (χ1v) is 6.22. The van der Waals surface area contributed by atoms with Crippen LogP contribution in [-0.4, -0.2) is 6.04 Å². The molecular weight excluding hydrogens is 261 g/mol. The minimum absolute atomic E-state index is 0. The summed E-state index contributed by atoms with van der Waals surface area (Å²) in [4.78, 5) is 0. The standard InChI is InChI=1S/C16H18FN.ClH/c1-12(18)16(14-5-3-2-4-6-14)11-13-7-9-15(17)10-8-13;/h2-10,12,16H,11,18H2,1H3;1H. The van der Waals surface area contributed by atoms with Gasteiger partial charge in [-0.3, -0.25) is 0 Å². The number of rotatable bonds is 4. The SMILES string of the molecule is CC(N)C(Cc1ccc(F)cc1)c1ccccc1.Cl. The molecule has 2 aromatic carbocycles. The number of hydrogen-bond donors (Lipinski definition) is 1. The number of benzene rings is 2. The van der Waals surface area contributed by atoms with E-state index in [4.69, 9.17) is 5.73 Å². The topological polar surface area (TPSA) is 26.0 Å². The van der Waals surface area contributed by atoms with Gasteiger partial charge in [0.05, 0.1) is 0 Å². The van der Waals surface area contributed by atoms with Crippen molar-refractivity contribution in [3.05, 3.63) is 71.5 Å². The molecule has 0 radical (unpaired) electrons. The molecule has 3 heteroatoms. The van der Waals surface area contributed by atoms with E-state index in [0.29, 0.717) is 0 Å². The van der Waals surface area contributed by atoms with Crippen LogP contribution < -0.4 is 5.73 Å². The Balaban J connectivity index is 0.00000180. The van der Waals surface area contributed by atoms with E-state index in [1.165, 1.54) is 17.7 Å². The first-order chi connectivity index (χ1) is 8.66. The van der Waals surface area contributed by atoms with Crippen molar-refractivity contribution in [2.24, 2.45) is 5.73 Å². The first-order valence-electron chi connectivity index (χ1n) is 6.22. The van der Waals surface area contributed by atoms with E-state index in [2.05, 4.69) is 12.1 Å². The van der Waals surface area contributed by atoms with Crippen LogP contribution in [0.15, 0.2) is 54.6 Å². The van der Waals surface area contributed by atoms with Gasteiger partial charge in [0.2, 0.25) is 0 Å². The minimum atomic E-state index is -0.198. The third-order valence-electron chi connectivity index (χ3n) is 3.23. The predicted molar refractivity (Wildman–Crippen MR) is 80.2 cm³/mol. The van der Waals surface area contributed by atoms with Gasteiger partial charge in [-0.05, 0) is 36.6 Å². The average Bonchev–Trinajstić information content (AvgIpc) is 2.38. The molecule has 2 rings (SSSR count). The molecule has 0 spiro atoms. The molecule has 0 saturated heterocycles. The van der Waals surface area contributed by atoms with E-state index in [9.17, 15) is 4.39 Å². The Morgan fingerprint density at radius 1 is 1.00 bits per heavy atom. The summed E-state index contributed by atoms with van der Waals surface area (Å²) in [6, 6.07) is 17.0. The number of halogens is 2. The second-order valence-electron chi connectivity index (χ2n) is 4.71. The summed E-state index contributed by atoms with van der Waals surface area (Å²) in [5.41, 5.74) is 8.42. The van der Waals surface area contributed by atoms with Crippen LogP contribution in [0.3, 0.4) is 0 Å². The van der Waals surface area contributed by atoms with Crippen molar-refractivity contribution in [2.45, 2.75) is 25.3 Å². The second kappa shape index (κ2) is 7.27. The van der Waals surface area contributed by atoms with Crippen molar-refractivity contribution in [3.8, 4) is 0 Å². The van der Waals surface area contributed by atoms with Gasteiger partial charge in [0.25, 0.3) is 0 Å². The summed E-state index contributed by atoms with van der Waals surface area (Å²) in [6.07, 6.45) is 0.835. The molecule has 0 aliphatic carbocycles. The summed E-state index contributed by atoms with van der Waals surface area (Å²) in [5, 5.41) is 0. The molecular formula is C16H19ClFN. The van der Waals surface area contributed by atoms with Gasteiger partial charge < -0.3 is 5.73 Å². The van der Waals surface area contributed by atoms with E-state index in [0.717, 1.165) is 12.0 Å². The van der Waals surface area contributed by atoms with Crippen LogP contribution in [0.4, 0.5) is 4.39 Å². The van der Waals surface area contributed by atoms with E-state index in [-0.39, 0.29) is 30.2 Å². The van der Waals surface area contributed by atoms with E-state index < -0.39 is 0 Å². The maximum atomic E-state index is 12.9. The molecule has 2 aromatic rings. The van der Waals surface area contributed by atoms with Gasteiger partial charge in [-0.2, -0.15) is 0 Å². The molecule has 102 valence electrons. The highest BCUT2D eigenvalue weighted by atomic mass is 35.5. The van der Waals surface area contributed by atoms with Gasteiger partial charge in [0.15, 0.2) is 0 Å². The lowest BCUT2D eigenvalue weighted by molar-refractivity contribution is 0.564. The molecule has 0 amide bonds. The molecule has 2 N–H and O–H groups in total. The molecule has 1 nitrogen and oxygen atoms in total. The maximum Gasteiger partial charge on any atom is 0.123 e. The zero-order valence-electron chi connectivity index (χ0n) is 10.9. The third-order valence-corrected chi connectivity index (χ3v) is 3.23. The van der Waals surface area contributed by atoms with Crippen molar-refractivity contribution in [1.29, 1.82) is 0 Å². The number of nitrogens with two attached hydrogens (primary N) is 1.